The van der Waals surface area contributed by atoms with Crippen molar-refractivity contribution in [3.63, 3.8) is 0 Å². The summed E-state index contributed by atoms with van der Waals surface area (Å²) in [5.74, 6) is 0. The van der Waals surface area contributed by atoms with E-state index in [2.05, 4.69) is 9.71 Å². The first-order valence-corrected chi connectivity index (χ1v) is 9.94. The maximum atomic E-state index is 12.9. The molecule has 0 bridgehead atoms. The fraction of sp³-hybridized carbons (Fsp3) is 0.357. The average Bonchev–Trinajstić information content (AvgIpc) is 3.16. The summed E-state index contributed by atoms with van der Waals surface area (Å²) in [6, 6.07) is 2.15. The van der Waals surface area contributed by atoms with Gasteiger partial charge in [0.1, 0.15) is 0 Å². The number of nitrogens with zero attached hydrogens (tertiary/aromatic N) is 2. The van der Waals surface area contributed by atoms with Crippen molar-refractivity contribution in [2.45, 2.75) is 23.5 Å². The van der Waals surface area contributed by atoms with E-state index in [9.17, 15) is 21.6 Å². The lowest BCUT2D eigenvalue weighted by molar-refractivity contribution is -0.137. The van der Waals surface area contributed by atoms with Crippen molar-refractivity contribution in [2.24, 2.45) is 0 Å². The predicted molar refractivity (Wildman–Crippen MR) is 89.5 cm³/mol. The normalized spacial score (nSPS) is 18.7. The van der Waals surface area contributed by atoms with Crippen molar-refractivity contribution in [3.05, 3.63) is 40.4 Å². The molecule has 1 aromatic carbocycles. The predicted octanol–water partition coefficient (Wildman–Crippen LogP) is 3.37. The molecule has 0 aliphatic carbocycles. The van der Waals surface area contributed by atoms with Crippen LogP contribution in [0.2, 0.25) is 5.02 Å². The van der Waals surface area contributed by atoms with Crippen LogP contribution < -0.4 is 9.62 Å². The Morgan fingerprint density at radius 2 is 2.12 bits per heavy atom. The SMILES string of the molecule is O=S(=O)(NC1CCN(c2nccs2)C1)c1ccc(Cl)c(C(F)(F)F)c1. The Morgan fingerprint density at radius 1 is 1.36 bits per heavy atom. The first-order chi connectivity index (χ1) is 11.7. The Hall–Kier alpha value is -1.36. The van der Waals surface area contributed by atoms with Crippen LogP contribution in [-0.4, -0.2) is 32.5 Å². The van der Waals surface area contributed by atoms with Crippen LogP contribution in [-0.2, 0) is 16.2 Å². The van der Waals surface area contributed by atoms with Gasteiger partial charge in [0.25, 0.3) is 0 Å². The molecule has 1 atom stereocenters. The second kappa shape index (κ2) is 6.75. The van der Waals surface area contributed by atoms with Crippen molar-refractivity contribution < 1.29 is 21.6 Å². The summed E-state index contributed by atoms with van der Waals surface area (Å²) in [6.07, 6.45) is -2.53. The van der Waals surface area contributed by atoms with E-state index >= 15 is 0 Å². The van der Waals surface area contributed by atoms with Crippen LogP contribution >= 0.6 is 22.9 Å². The maximum absolute atomic E-state index is 12.9. The van der Waals surface area contributed by atoms with Gasteiger partial charge in [-0.15, -0.1) is 11.3 Å². The number of halogens is 4. The number of thiazole rings is 1. The molecule has 2 heterocycles. The molecule has 1 fully saturated rings. The molecule has 1 saturated heterocycles. The highest BCUT2D eigenvalue weighted by Gasteiger charge is 2.35. The van der Waals surface area contributed by atoms with Crippen molar-refractivity contribution in [1.29, 1.82) is 0 Å². The van der Waals surface area contributed by atoms with E-state index in [4.69, 9.17) is 11.6 Å². The Bertz CT molecular complexity index is 857. The third kappa shape index (κ3) is 4.08. The molecule has 3 rings (SSSR count). The lowest BCUT2D eigenvalue weighted by Gasteiger charge is -2.16. The Kier molecular flexibility index (Phi) is 4.97. The minimum atomic E-state index is -4.72. The first kappa shape index (κ1) is 18.4. The monoisotopic (exact) mass is 411 g/mol. The zero-order valence-corrected chi connectivity index (χ0v) is 15.0. The summed E-state index contributed by atoms with van der Waals surface area (Å²) in [5, 5.41) is 2.06. The number of nitrogens with one attached hydrogen (secondary N) is 1. The summed E-state index contributed by atoms with van der Waals surface area (Å²) in [4.78, 5) is 5.63. The van der Waals surface area contributed by atoms with Gasteiger partial charge >= 0.3 is 6.18 Å². The molecule has 2 aromatic rings. The molecular formula is C14H13ClF3N3O2S2. The third-order valence-corrected chi connectivity index (χ3v) is 6.43. The van der Waals surface area contributed by atoms with E-state index in [-0.39, 0.29) is 0 Å². The van der Waals surface area contributed by atoms with Crippen molar-refractivity contribution in [2.75, 3.05) is 18.0 Å². The molecule has 1 aliphatic rings. The molecule has 136 valence electrons. The highest BCUT2D eigenvalue weighted by molar-refractivity contribution is 7.89. The first-order valence-electron chi connectivity index (χ1n) is 7.20. The summed E-state index contributed by atoms with van der Waals surface area (Å²) < 4.78 is 66.0. The average molecular weight is 412 g/mol. The van der Waals surface area contributed by atoms with Gasteiger partial charge in [0.2, 0.25) is 10.0 Å². The lowest BCUT2D eigenvalue weighted by atomic mass is 10.2. The van der Waals surface area contributed by atoms with Crippen LogP contribution in [0.15, 0.2) is 34.7 Å². The van der Waals surface area contributed by atoms with Crippen LogP contribution in [0.3, 0.4) is 0 Å². The van der Waals surface area contributed by atoms with Gasteiger partial charge in [0, 0.05) is 30.7 Å². The second-order valence-electron chi connectivity index (χ2n) is 5.51. The van der Waals surface area contributed by atoms with Crippen LogP contribution in [0, 0.1) is 0 Å². The van der Waals surface area contributed by atoms with Crippen molar-refractivity contribution in [1.82, 2.24) is 9.71 Å². The molecule has 25 heavy (non-hydrogen) atoms. The fourth-order valence-electron chi connectivity index (χ4n) is 2.58. The maximum Gasteiger partial charge on any atom is 0.417 e. The molecule has 1 aromatic heterocycles. The fourth-order valence-corrected chi connectivity index (χ4v) is 4.77. The van der Waals surface area contributed by atoms with Gasteiger partial charge in [-0.25, -0.2) is 18.1 Å². The van der Waals surface area contributed by atoms with Gasteiger partial charge in [0.15, 0.2) is 5.13 Å². The summed E-state index contributed by atoms with van der Waals surface area (Å²) in [6.45, 7) is 1.03. The van der Waals surface area contributed by atoms with E-state index < -0.39 is 37.7 Å². The molecule has 1 aliphatic heterocycles. The van der Waals surface area contributed by atoms with Gasteiger partial charge in [-0.1, -0.05) is 11.6 Å². The van der Waals surface area contributed by atoms with Crippen LogP contribution in [0.5, 0.6) is 0 Å². The topological polar surface area (TPSA) is 62.3 Å². The largest absolute Gasteiger partial charge is 0.417 e. The molecule has 0 saturated carbocycles. The van der Waals surface area contributed by atoms with E-state index in [1.54, 1.807) is 6.20 Å². The van der Waals surface area contributed by atoms with Crippen LogP contribution in [0.25, 0.3) is 0 Å². The van der Waals surface area contributed by atoms with Gasteiger partial charge in [-0.2, -0.15) is 13.2 Å². The molecule has 1 N–H and O–H groups in total. The number of alkyl halides is 3. The third-order valence-electron chi connectivity index (χ3n) is 3.75. The molecule has 1 unspecified atom stereocenters. The van der Waals surface area contributed by atoms with E-state index in [0.717, 1.165) is 17.3 Å². The van der Waals surface area contributed by atoms with Gasteiger partial charge in [-0.3, -0.25) is 0 Å². The number of sulfonamides is 1. The van der Waals surface area contributed by atoms with Crippen LogP contribution in [0.4, 0.5) is 18.3 Å². The number of aromatic nitrogens is 1. The molecule has 0 radical (unpaired) electrons. The molecular weight excluding hydrogens is 399 g/mol. The number of hydrogen-bond acceptors (Lipinski definition) is 5. The highest BCUT2D eigenvalue weighted by atomic mass is 35.5. The minimum Gasteiger partial charge on any atom is -0.346 e. The van der Waals surface area contributed by atoms with E-state index in [1.807, 2.05) is 10.3 Å². The zero-order valence-electron chi connectivity index (χ0n) is 12.6. The molecule has 5 nitrogen and oxygen atoms in total. The number of rotatable bonds is 4. The quantitative estimate of drug-likeness (QED) is 0.837. The summed E-state index contributed by atoms with van der Waals surface area (Å²) in [7, 11) is -4.09. The standard InChI is InChI=1S/C14H13ClF3N3O2S2/c15-12-2-1-10(7-11(12)14(16,17)18)25(22,23)20-9-3-5-21(8-9)13-19-4-6-24-13/h1-2,4,6-7,9,20H,3,5,8H2. The molecule has 0 spiro atoms. The van der Waals surface area contributed by atoms with Gasteiger partial charge in [-0.05, 0) is 24.6 Å². The number of anilines is 1. The lowest BCUT2D eigenvalue weighted by Crippen LogP contribution is -2.37. The Balaban J connectivity index is 1.77. The summed E-state index contributed by atoms with van der Waals surface area (Å²) in [5.41, 5.74) is -1.17. The van der Waals surface area contributed by atoms with Crippen molar-refractivity contribution in [3.8, 4) is 0 Å². The Morgan fingerprint density at radius 3 is 2.76 bits per heavy atom. The van der Waals surface area contributed by atoms with Gasteiger partial charge in [0.05, 0.1) is 15.5 Å². The van der Waals surface area contributed by atoms with Crippen LogP contribution in [0.1, 0.15) is 12.0 Å². The minimum absolute atomic E-state index is 0.404. The van der Waals surface area contributed by atoms with Gasteiger partial charge < -0.3 is 4.90 Å². The van der Waals surface area contributed by atoms with E-state index in [0.29, 0.717) is 25.6 Å². The second-order valence-corrected chi connectivity index (χ2v) is 8.50. The number of hydrogen-bond donors (Lipinski definition) is 1. The molecule has 11 heteroatoms. The highest BCUT2D eigenvalue weighted by Crippen LogP contribution is 2.36. The number of benzene rings is 1. The Labute approximate surface area is 151 Å². The van der Waals surface area contributed by atoms with E-state index in [1.165, 1.54) is 11.3 Å². The zero-order chi connectivity index (χ0) is 18.2. The molecule has 0 amide bonds. The smallest absolute Gasteiger partial charge is 0.346 e. The summed E-state index contributed by atoms with van der Waals surface area (Å²) >= 11 is 6.97. The van der Waals surface area contributed by atoms with Crippen molar-refractivity contribution >= 4 is 38.1 Å².